The smallest absolute Gasteiger partial charge is 0.299 e. The van der Waals surface area contributed by atoms with Crippen molar-refractivity contribution in [1.82, 2.24) is 4.90 Å². The minimum Gasteiger partial charge on any atom is -0.299 e. The molecule has 0 unspecified atom stereocenters. The van der Waals surface area contributed by atoms with Crippen LogP contribution in [-0.2, 0) is 12.6 Å². The molecular weight excluding hydrogens is 440 g/mol. The van der Waals surface area contributed by atoms with E-state index in [4.69, 9.17) is 0 Å². The van der Waals surface area contributed by atoms with Crippen LogP contribution in [0.3, 0.4) is 0 Å². The number of hydrogen-bond donors (Lipinski definition) is 0. The van der Waals surface area contributed by atoms with Crippen LogP contribution in [0.5, 0.6) is 0 Å². The van der Waals surface area contributed by atoms with E-state index in [0.29, 0.717) is 37.2 Å². The molecule has 0 amide bonds. The van der Waals surface area contributed by atoms with Crippen molar-refractivity contribution in [2.45, 2.75) is 19.0 Å². The third kappa shape index (κ3) is 5.14. The SMILES string of the molecule is Fc1cc(-c2ccccc2)c(F)c(F)c1CCN1CC=C(c2cccc(C(F)(F)F)c2)CC1. The van der Waals surface area contributed by atoms with Gasteiger partial charge in [0.2, 0.25) is 0 Å². The second-order valence-electron chi connectivity index (χ2n) is 7.99. The lowest BCUT2D eigenvalue weighted by atomic mass is 9.97. The first kappa shape index (κ1) is 23.1. The molecule has 3 aromatic rings. The first-order chi connectivity index (χ1) is 15.7. The van der Waals surface area contributed by atoms with Gasteiger partial charge in [-0.05, 0) is 47.7 Å². The lowest BCUT2D eigenvalue weighted by Gasteiger charge is -2.27. The summed E-state index contributed by atoms with van der Waals surface area (Å²) in [5.74, 6) is -3.07. The highest BCUT2D eigenvalue weighted by Gasteiger charge is 2.30. The maximum atomic E-state index is 14.6. The molecule has 1 nitrogen and oxygen atoms in total. The molecule has 0 aromatic heterocycles. The van der Waals surface area contributed by atoms with Gasteiger partial charge in [0.1, 0.15) is 5.82 Å². The van der Waals surface area contributed by atoms with Gasteiger partial charge in [0.05, 0.1) is 5.56 Å². The van der Waals surface area contributed by atoms with Crippen molar-refractivity contribution >= 4 is 5.57 Å². The summed E-state index contributed by atoms with van der Waals surface area (Å²) in [6.07, 6.45) is -2.09. The Hall–Kier alpha value is -3.06. The standard InChI is InChI=1S/C26H21F6N/c27-23-16-22(18-5-2-1-3-6-18)25(29)24(28)21(23)11-14-33-12-9-17(10-13-33)19-7-4-8-20(15-19)26(30,31)32/h1-9,15-16H,10-14H2. The minimum absolute atomic E-state index is 0.0175. The molecule has 0 spiro atoms. The Morgan fingerprint density at radius 1 is 0.818 bits per heavy atom. The molecule has 0 atom stereocenters. The molecule has 0 N–H and O–H groups in total. The van der Waals surface area contributed by atoms with Crippen LogP contribution in [0.2, 0.25) is 0 Å². The van der Waals surface area contributed by atoms with Gasteiger partial charge in [-0.25, -0.2) is 13.2 Å². The van der Waals surface area contributed by atoms with Crippen molar-refractivity contribution in [1.29, 1.82) is 0 Å². The quantitative estimate of drug-likeness (QED) is 0.289. The number of benzene rings is 3. The number of nitrogens with zero attached hydrogens (tertiary/aromatic N) is 1. The maximum Gasteiger partial charge on any atom is 0.416 e. The van der Waals surface area contributed by atoms with Gasteiger partial charge in [-0.1, -0.05) is 48.5 Å². The van der Waals surface area contributed by atoms with Gasteiger partial charge >= 0.3 is 6.18 Å². The highest BCUT2D eigenvalue weighted by molar-refractivity contribution is 5.67. The van der Waals surface area contributed by atoms with Crippen LogP contribution in [0.15, 0.2) is 66.7 Å². The number of hydrogen-bond acceptors (Lipinski definition) is 1. The average Bonchev–Trinajstić information content (AvgIpc) is 2.82. The Bertz CT molecular complexity index is 1170. The molecule has 0 fully saturated rings. The second kappa shape index (κ2) is 9.43. The predicted molar refractivity (Wildman–Crippen MR) is 116 cm³/mol. The van der Waals surface area contributed by atoms with Crippen molar-refractivity contribution in [2.24, 2.45) is 0 Å². The Morgan fingerprint density at radius 3 is 2.21 bits per heavy atom. The number of rotatable bonds is 5. The summed E-state index contributed by atoms with van der Waals surface area (Å²) in [6, 6.07) is 14.4. The molecule has 0 bridgehead atoms. The summed E-state index contributed by atoms with van der Waals surface area (Å²) < 4.78 is 82.7. The van der Waals surface area contributed by atoms with E-state index >= 15 is 0 Å². The van der Waals surface area contributed by atoms with E-state index in [1.54, 1.807) is 36.4 Å². The van der Waals surface area contributed by atoms with E-state index in [1.165, 1.54) is 6.07 Å². The van der Waals surface area contributed by atoms with Gasteiger partial charge in [-0.15, -0.1) is 0 Å². The van der Waals surface area contributed by atoms with Crippen molar-refractivity contribution in [3.8, 4) is 11.1 Å². The lowest BCUT2D eigenvalue weighted by molar-refractivity contribution is -0.137. The normalized spacial score (nSPS) is 14.9. The third-order valence-corrected chi connectivity index (χ3v) is 5.87. The van der Waals surface area contributed by atoms with Crippen molar-refractivity contribution in [3.05, 3.63) is 101 Å². The van der Waals surface area contributed by atoms with Crippen LogP contribution < -0.4 is 0 Å². The fourth-order valence-corrected chi connectivity index (χ4v) is 4.03. The van der Waals surface area contributed by atoms with Crippen LogP contribution in [0.4, 0.5) is 26.3 Å². The molecule has 1 heterocycles. The Balaban J connectivity index is 1.44. The van der Waals surface area contributed by atoms with Crippen molar-refractivity contribution in [3.63, 3.8) is 0 Å². The summed E-state index contributed by atoms with van der Waals surface area (Å²) in [7, 11) is 0. The van der Waals surface area contributed by atoms with E-state index < -0.39 is 29.2 Å². The summed E-state index contributed by atoms with van der Waals surface area (Å²) in [5, 5.41) is 0. The van der Waals surface area contributed by atoms with Crippen LogP contribution in [0.25, 0.3) is 16.7 Å². The molecule has 3 aromatic carbocycles. The van der Waals surface area contributed by atoms with Crippen LogP contribution in [0.1, 0.15) is 23.1 Å². The first-order valence-electron chi connectivity index (χ1n) is 10.5. The van der Waals surface area contributed by atoms with E-state index in [9.17, 15) is 26.3 Å². The molecule has 0 saturated heterocycles. The fourth-order valence-electron chi connectivity index (χ4n) is 4.03. The Kier molecular flexibility index (Phi) is 6.61. The summed E-state index contributed by atoms with van der Waals surface area (Å²) in [4.78, 5) is 1.93. The number of alkyl halides is 3. The monoisotopic (exact) mass is 461 g/mol. The average molecular weight is 461 g/mol. The molecule has 172 valence electrons. The van der Waals surface area contributed by atoms with Gasteiger partial charge in [0, 0.05) is 30.8 Å². The zero-order valence-corrected chi connectivity index (χ0v) is 17.6. The highest BCUT2D eigenvalue weighted by Crippen LogP contribution is 2.33. The predicted octanol–water partition coefficient (Wildman–Crippen LogP) is 7.12. The minimum atomic E-state index is -4.41. The highest BCUT2D eigenvalue weighted by atomic mass is 19.4. The van der Waals surface area contributed by atoms with Gasteiger partial charge in [0.25, 0.3) is 0 Å². The molecule has 1 aliphatic heterocycles. The Morgan fingerprint density at radius 2 is 1.55 bits per heavy atom. The van der Waals surface area contributed by atoms with Gasteiger partial charge in [0.15, 0.2) is 11.6 Å². The third-order valence-electron chi connectivity index (χ3n) is 5.87. The van der Waals surface area contributed by atoms with E-state index in [0.717, 1.165) is 23.8 Å². The molecule has 7 heteroatoms. The lowest BCUT2D eigenvalue weighted by Crippen LogP contribution is -2.31. The molecule has 0 saturated carbocycles. The van der Waals surface area contributed by atoms with E-state index in [1.807, 2.05) is 11.0 Å². The molecule has 0 aliphatic carbocycles. The van der Waals surface area contributed by atoms with Crippen LogP contribution in [0, 0.1) is 17.5 Å². The summed E-state index contributed by atoms with van der Waals surface area (Å²) >= 11 is 0. The Labute approximate surface area is 188 Å². The molecule has 33 heavy (non-hydrogen) atoms. The molecule has 4 rings (SSSR count). The van der Waals surface area contributed by atoms with Gasteiger partial charge in [-0.3, -0.25) is 4.90 Å². The van der Waals surface area contributed by atoms with E-state index in [2.05, 4.69) is 0 Å². The van der Waals surface area contributed by atoms with Crippen LogP contribution in [-0.4, -0.2) is 24.5 Å². The number of halogens is 6. The topological polar surface area (TPSA) is 3.24 Å². The molecular formula is C26H21F6N. The zero-order chi connectivity index (χ0) is 23.6. The first-order valence-corrected chi connectivity index (χ1v) is 10.5. The van der Waals surface area contributed by atoms with E-state index in [-0.39, 0.29) is 17.5 Å². The maximum absolute atomic E-state index is 14.6. The van der Waals surface area contributed by atoms with Gasteiger partial charge < -0.3 is 0 Å². The molecule has 1 aliphatic rings. The summed E-state index contributed by atoms with van der Waals surface area (Å²) in [6.45, 7) is 1.25. The summed E-state index contributed by atoms with van der Waals surface area (Å²) in [5.41, 5.74) is 0.576. The van der Waals surface area contributed by atoms with Gasteiger partial charge in [-0.2, -0.15) is 13.2 Å². The van der Waals surface area contributed by atoms with Crippen LogP contribution >= 0.6 is 0 Å². The zero-order valence-electron chi connectivity index (χ0n) is 17.6. The molecule has 0 radical (unpaired) electrons. The fraction of sp³-hybridized carbons (Fsp3) is 0.231. The van der Waals surface area contributed by atoms with Crippen molar-refractivity contribution < 1.29 is 26.3 Å². The van der Waals surface area contributed by atoms with Crippen molar-refractivity contribution in [2.75, 3.05) is 19.6 Å². The second-order valence-corrected chi connectivity index (χ2v) is 7.99. The largest absolute Gasteiger partial charge is 0.416 e.